The van der Waals surface area contributed by atoms with Crippen molar-refractivity contribution in [2.24, 2.45) is 0 Å². The number of aromatic amines is 1. The SMILES string of the molecule is CSC1CCC(NC(=O)Cc2c[nH]c3ccccc23)CC1. The van der Waals surface area contributed by atoms with Crippen LogP contribution in [0, 0.1) is 0 Å². The van der Waals surface area contributed by atoms with Gasteiger partial charge in [-0.25, -0.2) is 0 Å². The van der Waals surface area contributed by atoms with E-state index >= 15 is 0 Å². The fourth-order valence-electron chi connectivity index (χ4n) is 3.17. The Kier molecular flexibility index (Phi) is 4.54. The van der Waals surface area contributed by atoms with Crippen LogP contribution in [0.15, 0.2) is 30.5 Å². The van der Waals surface area contributed by atoms with Gasteiger partial charge in [-0.3, -0.25) is 4.79 Å². The number of fused-ring (bicyclic) bond motifs is 1. The van der Waals surface area contributed by atoms with Crippen molar-refractivity contribution in [2.45, 2.75) is 43.4 Å². The van der Waals surface area contributed by atoms with Gasteiger partial charge in [0, 0.05) is 28.4 Å². The van der Waals surface area contributed by atoms with E-state index in [4.69, 9.17) is 0 Å². The number of hydrogen-bond acceptors (Lipinski definition) is 2. The standard InChI is InChI=1S/C17H22N2OS/c1-21-14-8-6-13(7-9-14)19-17(20)10-12-11-18-16-5-3-2-4-15(12)16/h2-5,11,13-14,18H,6-10H2,1H3,(H,19,20). The summed E-state index contributed by atoms with van der Waals surface area (Å²) in [5, 5.41) is 5.14. The number of carbonyl (C=O) groups excluding carboxylic acids is 1. The maximum Gasteiger partial charge on any atom is 0.224 e. The smallest absolute Gasteiger partial charge is 0.224 e. The van der Waals surface area contributed by atoms with Crippen LogP contribution in [-0.4, -0.2) is 28.4 Å². The highest BCUT2D eigenvalue weighted by atomic mass is 32.2. The lowest BCUT2D eigenvalue weighted by atomic mass is 9.94. The highest BCUT2D eigenvalue weighted by Crippen LogP contribution is 2.27. The molecule has 1 aromatic carbocycles. The van der Waals surface area contributed by atoms with Gasteiger partial charge < -0.3 is 10.3 Å². The zero-order chi connectivity index (χ0) is 14.7. The van der Waals surface area contributed by atoms with E-state index in [1.165, 1.54) is 12.8 Å². The molecule has 2 aromatic rings. The highest BCUT2D eigenvalue weighted by molar-refractivity contribution is 7.99. The lowest BCUT2D eigenvalue weighted by Gasteiger charge is -2.28. The maximum absolute atomic E-state index is 12.2. The van der Waals surface area contributed by atoms with Gasteiger partial charge in [-0.15, -0.1) is 0 Å². The van der Waals surface area contributed by atoms with Crippen LogP contribution in [0.4, 0.5) is 0 Å². The molecular formula is C17H22N2OS. The quantitative estimate of drug-likeness (QED) is 0.908. The molecule has 1 saturated carbocycles. The molecule has 0 bridgehead atoms. The number of nitrogens with one attached hydrogen (secondary N) is 2. The number of rotatable bonds is 4. The van der Waals surface area contributed by atoms with Crippen LogP contribution in [0.3, 0.4) is 0 Å². The Bertz CT molecular complexity index is 614. The number of carbonyl (C=O) groups is 1. The number of hydrogen-bond donors (Lipinski definition) is 2. The Labute approximate surface area is 129 Å². The minimum absolute atomic E-state index is 0.146. The van der Waals surface area contributed by atoms with Crippen molar-refractivity contribution in [1.82, 2.24) is 10.3 Å². The van der Waals surface area contributed by atoms with Gasteiger partial charge >= 0.3 is 0 Å². The fraction of sp³-hybridized carbons (Fsp3) is 0.471. The third kappa shape index (κ3) is 3.43. The summed E-state index contributed by atoms with van der Waals surface area (Å²) in [7, 11) is 0. The van der Waals surface area contributed by atoms with Crippen molar-refractivity contribution in [2.75, 3.05) is 6.26 Å². The molecule has 0 saturated heterocycles. The largest absolute Gasteiger partial charge is 0.361 e. The second kappa shape index (κ2) is 6.56. The second-order valence-corrected chi connectivity index (χ2v) is 6.95. The van der Waals surface area contributed by atoms with Gasteiger partial charge in [0.15, 0.2) is 0 Å². The molecule has 4 heteroatoms. The normalized spacial score (nSPS) is 22.3. The van der Waals surface area contributed by atoms with Gasteiger partial charge in [0.05, 0.1) is 6.42 Å². The van der Waals surface area contributed by atoms with Crippen LogP contribution in [0.2, 0.25) is 0 Å². The lowest BCUT2D eigenvalue weighted by molar-refractivity contribution is -0.121. The van der Waals surface area contributed by atoms with Crippen LogP contribution >= 0.6 is 11.8 Å². The Morgan fingerprint density at radius 3 is 2.81 bits per heavy atom. The molecule has 1 heterocycles. The van der Waals surface area contributed by atoms with Crippen molar-refractivity contribution < 1.29 is 4.79 Å². The van der Waals surface area contributed by atoms with Gasteiger partial charge in [0.25, 0.3) is 0 Å². The molecule has 1 aliphatic rings. The first kappa shape index (κ1) is 14.5. The van der Waals surface area contributed by atoms with Crippen LogP contribution in [-0.2, 0) is 11.2 Å². The topological polar surface area (TPSA) is 44.9 Å². The van der Waals surface area contributed by atoms with E-state index in [0.717, 1.165) is 34.6 Å². The molecule has 0 atom stereocenters. The Balaban J connectivity index is 1.57. The minimum Gasteiger partial charge on any atom is -0.361 e. The van der Waals surface area contributed by atoms with Gasteiger partial charge in [0.1, 0.15) is 0 Å². The molecule has 3 rings (SSSR count). The summed E-state index contributed by atoms with van der Waals surface area (Å²) in [6.45, 7) is 0. The van der Waals surface area contributed by atoms with Crippen molar-refractivity contribution in [1.29, 1.82) is 0 Å². The van der Waals surface area contributed by atoms with E-state index in [-0.39, 0.29) is 5.91 Å². The van der Waals surface area contributed by atoms with Crippen molar-refractivity contribution in [3.8, 4) is 0 Å². The number of thioether (sulfide) groups is 1. The molecule has 0 unspecified atom stereocenters. The fourth-order valence-corrected chi connectivity index (χ4v) is 3.92. The van der Waals surface area contributed by atoms with E-state index in [9.17, 15) is 4.79 Å². The molecule has 1 aliphatic carbocycles. The summed E-state index contributed by atoms with van der Waals surface area (Å²) in [5.41, 5.74) is 2.18. The second-order valence-electron chi connectivity index (χ2n) is 5.81. The van der Waals surface area contributed by atoms with Crippen molar-refractivity contribution >= 4 is 28.6 Å². The molecule has 1 amide bonds. The Hall–Kier alpha value is -1.42. The zero-order valence-corrected chi connectivity index (χ0v) is 13.2. The summed E-state index contributed by atoms with van der Waals surface area (Å²) < 4.78 is 0. The van der Waals surface area contributed by atoms with Gasteiger partial charge in [-0.1, -0.05) is 18.2 Å². The summed E-state index contributed by atoms with van der Waals surface area (Å²) in [5.74, 6) is 0.146. The maximum atomic E-state index is 12.2. The van der Waals surface area contributed by atoms with E-state index in [2.05, 4.69) is 22.6 Å². The van der Waals surface area contributed by atoms with Gasteiger partial charge in [0.2, 0.25) is 5.91 Å². The molecule has 0 spiro atoms. The van der Waals surface area contributed by atoms with Gasteiger partial charge in [-0.05, 0) is 43.6 Å². The molecule has 3 nitrogen and oxygen atoms in total. The molecule has 0 radical (unpaired) electrons. The summed E-state index contributed by atoms with van der Waals surface area (Å²) >= 11 is 1.96. The van der Waals surface area contributed by atoms with Crippen molar-refractivity contribution in [3.05, 3.63) is 36.0 Å². The minimum atomic E-state index is 0.146. The molecule has 0 aliphatic heterocycles. The third-order valence-corrected chi connectivity index (χ3v) is 5.54. The van der Waals surface area contributed by atoms with Crippen molar-refractivity contribution in [3.63, 3.8) is 0 Å². The van der Waals surface area contributed by atoms with E-state index < -0.39 is 0 Å². The zero-order valence-electron chi connectivity index (χ0n) is 12.4. The van der Waals surface area contributed by atoms with Crippen LogP contribution in [0.1, 0.15) is 31.2 Å². The average Bonchev–Trinajstić information content (AvgIpc) is 2.91. The summed E-state index contributed by atoms with van der Waals surface area (Å²) in [6.07, 6.45) is 9.27. The van der Waals surface area contributed by atoms with Crippen LogP contribution < -0.4 is 5.32 Å². The Morgan fingerprint density at radius 2 is 2.05 bits per heavy atom. The number of H-pyrrole nitrogens is 1. The summed E-state index contributed by atoms with van der Waals surface area (Å²) in [4.78, 5) is 15.5. The third-order valence-electron chi connectivity index (χ3n) is 4.40. The first-order valence-corrected chi connectivity index (χ1v) is 8.92. The molecule has 2 N–H and O–H groups in total. The van der Waals surface area contributed by atoms with E-state index in [0.29, 0.717) is 12.5 Å². The van der Waals surface area contributed by atoms with E-state index in [1.54, 1.807) is 0 Å². The van der Waals surface area contributed by atoms with Crippen LogP contribution in [0.5, 0.6) is 0 Å². The predicted octanol–water partition coefficient (Wildman–Crippen LogP) is 3.50. The van der Waals surface area contributed by atoms with Crippen LogP contribution in [0.25, 0.3) is 10.9 Å². The number of para-hydroxylation sites is 1. The molecule has 112 valence electrons. The monoisotopic (exact) mass is 302 g/mol. The first-order valence-electron chi connectivity index (χ1n) is 7.63. The highest BCUT2D eigenvalue weighted by Gasteiger charge is 2.21. The summed E-state index contributed by atoms with van der Waals surface area (Å²) in [6, 6.07) is 8.50. The number of aromatic nitrogens is 1. The molecular weight excluding hydrogens is 280 g/mol. The first-order chi connectivity index (χ1) is 10.3. The molecule has 1 fully saturated rings. The number of amides is 1. The molecule has 21 heavy (non-hydrogen) atoms. The van der Waals surface area contributed by atoms with Gasteiger partial charge in [-0.2, -0.15) is 11.8 Å². The Morgan fingerprint density at radius 1 is 1.29 bits per heavy atom. The average molecular weight is 302 g/mol. The molecule has 1 aromatic heterocycles. The predicted molar refractivity (Wildman–Crippen MR) is 89.7 cm³/mol. The van der Waals surface area contributed by atoms with E-state index in [1.807, 2.05) is 36.2 Å². The lowest BCUT2D eigenvalue weighted by Crippen LogP contribution is -2.38. The number of benzene rings is 1.